The van der Waals surface area contributed by atoms with Crippen LogP contribution in [-0.2, 0) is 5.41 Å². The lowest BCUT2D eigenvalue weighted by Crippen LogP contribution is -2.49. The molecule has 42 heavy (non-hydrogen) atoms. The number of fused-ring (bicyclic) bond motifs is 3. The standard InChI is InChI=1S/C37H42N4O/c1-3-28-13-15-29(16-14-28)36(42)39-22-19-37(20-23-39,30-9-5-4-6-10-30)21-24-40-31-17-18-32(40)26-33(25-31)41-27(2)38-34-11-7-8-12-35(34)41/h3-16,31-33H,1,17-26H2,2H3/t31-,32+,33?. The van der Waals surface area contributed by atoms with Crippen molar-refractivity contribution in [1.29, 1.82) is 0 Å². The highest BCUT2D eigenvalue weighted by atomic mass is 16.2. The molecule has 3 atom stereocenters. The lowest BCUT2D eigenvalue weighted by molar-refractivity contribution is 0.0607. The van der Waals surface area contributed by atoms with Crippen molar-refractivity contribution in [2.75, 3.05) is 19.6 Å². The van der Waals surface area contributed by atoms with Gasteiger partial charge in [0.1, 0.15) is 5.82 Å². The average Bonchev–Trinajstić information content (AvgIpc) is 3.50. The summed E-state index contributed by atoms with van der Waals surface area (Å²) in [5, 5.41) is 0. The van der Waals surface area contributed by atoms with Gasteiger partial charge in [-0.05, 0) is 99.2 Å². The minimum Gasteiger partial charge on any atom is -0.339 e. The van der Waals surface area contributed by atoms with Crippen molar-refractivity contribution in [2.45, 2.75) is 75.4 Å². The Kier molecular flexibility index (Phi) is 7.23. The molecule has 216 valence electrons. The van der Waals surface area contributed by atoms with Crippen molar-refractivity contribution < 1.29 is 4.79 Å². The Morgan fingerprint density at radius 1 is 0.905 bits per heavy atom. The van der Waals surface area contributed by atoms with Gasteiger partial charge in [-0.2, -0.15) is 0 Å². The highest BCUT2D eigenvalue weighted by Crippen LogP contribution is 2.45. The Morgan fingerprint density at radius 3 is 2.26 bits per heavy atom. The monoisotopic (exact) mass is 558 g/mol. The molecule has 5 nitrogen and oxygen atoms in total. The van der Waals surface area contributed by atoms with Crippen LogP contribution in [0.4, 0.5) is 0 Å². The molecule has 0 N–H and O–H groups in total. The number of nitrogens with zero attached hydrogens (tertiary/aromatic N) is 4. The SMILES string of the molecule is C=Cc1ccc(C(=O)N2CCC(CCN3[C@@H]4CC[C@H]3CC(n3c(C)nc5ccccc53)C4)(c3ccccc3)CC2)cc1. The maximum absolute atomic E-state index is 13.4. The van der Waals surface area contributed by atoms with E-state index in [-0.39, 0.29) is 11.3 Å². The molecule has 4 aromatic rings. The minimum atomic E-state index is 0.109. The van der Waals surface area contributed by atoms with Gasteiger partial charge in [-0.25, -0.2) is 4.98 Å². The van der Waals surface area contributed by atoms with Crippen LogP contribution in [0, 0.1) is 6.92 Å². The molecule has 0 spiro atoms. The van der Waals surface area contributed by atoms with E-state index in [9.17, 15) is 4.79 Å². The van der Waals surface area contributed by atoms with Crippen molar-refractivity contribution in [3.8, 4) is 0 Å². The lowest BCUT2D eigenvalue weighted by Gasteiger charge is -2.45. The fourth-order valence-corrected chi connectivity index (χ4v) is 8.35. The van der Waals surface area contributed by atoms with Crippen molar-refractivity contribution in [2.24, 2.45) is 0 Å². The number of piperidine rings is 2. The van der Waals surface area contributed by atoms with Crippen LogP contribution >= 0.6 is 0 Å². The van der Waals surface area contributed by atoms with Crippen LogP contribution in [-0.4, -0.2) is 57.0 Å². The second-order valence-electron chi connectivity index (χ2n) is 12.8. The van der Waals surface area contributed by atoms with Gasteiger partial charge in [0, 0.05) is 36.8 Å². The molecule has 2 bridgehead atoms. The van der Waals surface area contributed by atoms with Gasteiger partial charge in [-0.15, -0.1) is 0 Å². The van der Waals surface area contributed by atoms with E-state index in [0.717, 1.165) is 61.4 Å². The first-order chi connectivity index (χ1) is 20.5. The summed E-state index contributed by atoms with van der Waals surface area (Å²) in [5.74, 6) is 1.30. The van der Waals surface area contributed by atoms with Gasteiger partial charge in [0.05, 0.1) is 11.0 Å². The number of amides is 1. The molecule has 3 fully saturated rings. The van der Waals surface area contributed by atoms with Crippen molar-refractivity contribution in [3.05, 3.63) is 108 Å². The summed E-state index contributed by atoms with van der Waals surface area (Å²) in [6.45, 7) is 8.75. The number of carbonyl (C=O) groups excluding carboxylic acids is 1. The molecule has 0 radical (unpaired) electrons. The van der Waals surface area contributed by atoms with Gasteiger partial charge in [0.15, 0.2) is 0 Å². The third-order valence-corrected chi connectivity index (χ3v) is 10.6. The molecule has 4 heterocycles. The third-order valence-electron chi connectivity index (χ3n) is 10.6. The van der Waals surface area contributed by atoms with Gasteiger partial charge in [-0.3, -0.25) is 9.69 Å². The number of carbonyl (C=O) groups is 1. The summed E-state index contributed by atoms with van der Waals surface area (Å²) < 4.78 is 2.53. The molecule has 3 aliphatic rings. The Labute approximate surface area is 249 Å². The number of hydrogen-bond donors (Lipinski definition) is 0. The van der Waals surface area contributed by atoms with E-state index in [4.69, 9.17) is 4.98 Å². The van der Waals surface area contributed by atoms with Crippen LogP contribution in [0.1, 0.15) is 78.3 Å². The number of rotatable bonds is 7. The molecular formula is C37H42N4O. The number of para-hydroxylation sites is 2. The fraction of sp³-hybridized carbons (Fsp3) is 0.405. The summed E-state index contributed by atoms with van der Waals surface area (Å²) in [6, 6.07) is 29.4. The van der Waals surface area contributed by atoms with E-state index in [1.165, 1.54) is 36.8 Å². The second-order valence-corrected chi connectivity index (χ2v) is 12.8. The topological polar surface area (TPSA) is 41.4 Å². The zero-order chi connectivity index (χ0) is 28.7. The van der Waals surface area contributed by atoms with Gasteiger partial charge >= 0.3 is 0 Å². The highest BCUT2D eigenvalue weighted by molar-refractivity contribution is 5.94. The molecule has 3 aliphatic heterocycles. The first-order valence-corrected chi connectivity index (χ1v) is 15.8. The zero-order valence-electron chi connectivity index (χ0n) is 24.8. The first-order valence-electron chi connectivity index (χ1n) is 15.8. The van der Waals surface area contributed by atoms with Crippen molar-refractivity contribution >= 4 is 23.0 Å². The Balaban J connectivity index is 1.05. The molecule has 5 heteroatoms. The van der Waals surface area contributed by atoms with Crippen LogP contribution in [0.15, 0.2) is 85.4 Å². The van der Waals surface area contributed by atoms with E-state index < -0.39 is 0 Å². The number of benzene rings is 3. The summed E-state index contributed by atoms with van der Waals surface area (Å²) in [6.07, 6.45) is 10.0. The van der Waals surface area contributed by atoms with Crippen LogP contribution in [0.3, 0.4) is 0 Å². The molecule has 1 unspecified atom stereocenters. The highest BCUT2D eigenvalue weighted by Gasteiger charge is 2.44. The maximum Gasteiger partial charge on any atom is 0.253 e. The maximum atomic E-state index is 13.4. The smallest absolute Gasteiger partial charge is 0.253 e. The number of likely N-dealkylation sites (tertiary alicyclic amines) is 1. The van der Waals surface area contributed by atoms with E-state index in [1.807, 2.05) is 30.3 Å². The van der Waals surface area contributed by atoms with Crippen LogP contribution < -0.4 is 0 Å². The lowest BCUT2D eigenvalue weighted by atomic mass is 9.70. The predicted molar refractivity (Wildman–Crippen MR) is 171 cm³/mol. The number of aromatic nitrogens is 2. The summed E-state index contributed by atoms with van der Waals surface area (Å²) >= 11 is 0. The Bertz CT molecular complexity index is 1550. The number of aryl methyl sites for hydroxylation is 1. The quantitative estimate of drug-likeness (QED) is 0.237. The minimum absolute atomic E-state index is 0.109. The molecule has 0 saturated carbocycles. The summed E-state index contributed by atoms with van der Waals surface area (Å²) in [4.78, 5) is 23.2. The van der Waals surface area contributed by atoms with Gasteiger partial charge in [-0.1, -0.05) is 67.3 Å². The molecule has 1 aromatic heterocycles. The Hall–Kier alpha value is -3.70. The van der Waals surface area contributed by atoms with Gasteiger partial charge in [0.25, 0.3) is 5.91 Å². The second kappa shape index (κ2) is 11.2. The first kappa shape index (κ1) is 27.2. The van der Waals surface area contributed by atoms with Crippen LogP contribution in [0.5, 0.6) is 0 Å². The molecule has 1 amide bonds. The molecule has 7 rings (SSSR count). The number of hydrogen-bond acceptors (Lipinski definition) is 3. The normalized spacial score (nSPS) is 23.7. The van der Waals surface area contributed by atoms with Gasteiger partial charge in [0.2, 0.25) is 0 Å². The summed E-state index contributed by atoms with van der Waals surface area (Å²) in [5.41, 5.74) is 5.77. The van der Waals surface area contributed by atoms with E-state index in [0.29, 0.717) is 18.1 Å². The van der Waals surface area contributed by atoms with Gasteiger partial charge < -0.3 is 9.47 Å². The largest absolute Gasteiger partial charge is 0.339 e. The molecule has 3 aromatic carbocycles. The van der Waals surface area contributed by atoms with Crippen molar-refractivity contribution in [1.82, 2.24) is 19.4 Å². The van der Waals surface area contributed by atoms with E-state index in [1.54, 1.807) is 0 Å². The Morgan fingerprint density at radius 2 is 1.57 bits per heavy atom. The van der Waals surface area contributed by atoms with E-state index >= 15 is 0 Å². The van der Waals surface area contributed by atoms with Crippen LogP contribution in [0.2, 0.25) is 0 Å². The predicted octanol–water partition coefficient (Wildman–Crippen LogP) is 7.42. The summed E-state index contributed by atoms with van der Waals surface area (Å²) in [7, 11) is 0. The number of imidazole rings is 1. The molecular weight excluding hydrogens is 516 g/mol. The zero-order valence-corrected chi connectivity index (χ0v) is 24.8. The van der Waals surface area contributed by atoms with Crippen molar-refractivity contribution in [3.63, 3.8) is 0 Å². The van der Waals surface area contributed by atoms with Crippen LogP contribution in [0.25, 0.3) is 17.1 Å². The third kappa shape index (κ3) is 4.88. The van der Waals surface area contributed by atoms with E-state index in [2.05, 4.69) is 82.5 Å². The molecule has 3 saturated heterocycles. The fourth-order valence-electron chi connectivity index (χ4n) is 8.35. The molecule has 0 aliphatic carbocycles. The average molecular weight is 559 g/mol.